The van der Waals surface area contributed by atoms with Gasteiger partial charge in [-0.3, -0.25) is 9.78 Å². The van der Waals surface area contributed by atoms with Crippen molar-refractivity contribution in [3.63, 3.8) is 0 Å². The number of nitrogens with zero attached hydrogens (tertiary/aromatic N) is 5. The van der Waals surface area contributed by atoms with Crippen molar-refractivity contribution in [1.82, 2.24) is 24.4 Å². The number of carbonyl (C=O) groups is 1. The highest BCUT2D eigenvalue weighted by Gasteiger charge is 2.25. The minimum absolute atomic E-state index is 0.0473. The predicted molar refractivity (Wildman–Crippen MR) is 92.0 cm³/mol. The van der Waals surface area contributed by atoms with Crippen LogP contribution in [0.1, 0.15) is 12.8 Å². The topological polar surface area (TPSA) is 73.1 Å². The molecule has 7 nitrogen and oxygen atoms in total. The van der Waals surface area contributed by atoms with Crippen LogP contribution in [-0.2, 0) is 11.3 Å². The van der Waals surface area contributed by atoms with Gasteiger partial charge in [-0.15, -0.1) is 0 Å². The molecular formula is C18H19N5O2. The maximum Gasteiger partial charge on any atom is 0.242 e. The molecule has 0 spiro atoms. The molecule has 3 aromatic rings. The van der Waals surface area contributed by atoms with E-state index in [1.165, 1.54) is 0 Å². The third kappa shape index (κ3) is 3.45. The average molecular weight is 337 g/mol. The Balaban J connectivity index is 1.41. The third-order valence-electron chi connectivity index (χ3n) is 4.39. The summed E-state index contributed by atoms with van der Waals surface area (Å²) in [5.74, 6) is 0.581. The van der Waals surface area contributed by atoms with Gasteiger partial charge in [0.1, 0.15) is 12.6 Å². The first kappa shape index (κ1) is 15.6. The number of para-hydroxylation sites is 2. The van der Waals surface area contributed by atoms with Gasteiger partial charge in [0, 0.05) is 18.9 Å². The molecule has 2 aromatic heterocycles. The number of amides is 1. The van der Waals surface area contributed by atoms with Crippen LogP contribution in [0.4, 0.5) is 0 Å². The molecule has 0 bridgehead atoms. The van der Waals surface area contributed by atoms with Crippen molar-refractivity contribution < 1.29 is 9.53 Å². The maximum atomic E-state index is 12.7. The van der Waals surface area contributed by atoms with Gasteiger partial charge in [0.25, 0.3) is 0 Å². The van der Waals surface area contributed by atoms with E-state index in [0.29, 0.717) is 19.0 Å². The molecule has 1 amide bonds. The summed E-state index contributed by atoms with van der Waals surface area (Å²) in [6, 6.07) is 7.82. The molecule has 4 rings (SSSR count). The number of aromatic nitrogens is 4. The van der Waals surface area contributed by atoms with Gasteiger partial charge < -0.3 is 14.2 Å². The molecule has 0 radical (unpaired) electrons. The Morgan fingerprint density at radius 2 is 2.16 bits per heavy atom. The fourth-order valence-corrected chi connectivity index (χ4v) is 3.16. The van der Waals surface area contributed by atoms with Crippen LogP contribution in [0.2, 0.25) is 0 Å². The number of fused-ring (bicyclic) bond motifs is 1. The summed E-state index contributed by atoms with van der Waals surface area (Å²) in [5, 5.41) is 0. The lowest BCUT2D eigenvalue weighted by Gasteiger charge is -2.32. The first-order valence-corrected chi connectivity index (χ1v) is 8.40. The minimum atomic E-state index is -0.0473. The van der Waals surface area contributed by atoms with Crippen LogP contribution < -0.4 is 4.74 Å². The van der Waals surface area contributed by atoms with E-state index >= 15 is 0 Å². The van der Waals surface area contributed by atoms with Crippen molar-refractivity contribution in [2.24, 2.45) is 0 Å². The summed E-state index contributed by atoms with van der Waals surface area (Å²) in [6.07, 6.45) is 8.31. The zero-order valence-corrected chi connectivity index (χ0v) is 13.8. The van der Waals surface area contributed by atoms with Gasteiger partial charge in [0.05, 0.1) is 30.1 Å². The summed E-state index contributed by atoms with van der Waals surface area (Å²) in [5.41, 5.74) is 1.87. The number of rotatable bonds is 4. The number of piperidine rings is 1. The summed E-state index contributed by atoms with van der Waals surface area (Å²) in [6.45, 7) is 1.62. The van der Waals surface area contributed by atoms with E-state index in [1.807, 2.05) is 33.7 Å². The number of likely N-dealkylation sites (tertiary alicyclic amines) is 1. The Labute approximate surface area is 145 Å². The SMILES string of the molecule is O=C(Cn1cnc2ccccc21)N1CCCC(Oc2cnccn2)C1. The van der Waals surface area contributed by atoms with E-state index in [9.17, 15) is 4.79 Å². The quantitative estimate of drug-likeness (QED) is 0.727. The molecular weight excluding hydrogens is 318 g/mol. The smallest absolute Gasteiger partial charge is 0.242 e. The summed E-state index contributed by atoms with van der Waals surface area (Å²) in [7, 11) is 0. The lowest BCUT2D eigenvalue weighted by molar-refractivity contribution is -0.134. The van der Waals surface area contributed by atoms with Crippen molar-refractivity contribution in [3.05, 3.63) is 49.2 Å². The van der Waals surface area contributed by atoms with Gasteiger partial charge in [-0.05, 0) is 25.0 Å². The standard InChI is InChI=1S/C18H19N5O2/c24-18(12-23-13-21-15-5-1-2-6-16(15)23)22-9-3-4-14(11-22)25-17-10-19-7-8-20-17/h1-2,5-8,10,13-14H,3-4,9,11-12H2. The highest BCUT2D eigenvalue weighted by atomic mass is 16.5. The average Bonchev–Trinajstić information content (AvgIpc) is 3.06. The molecule has 0 N–H and O–H groups in total. The van der Waals surface area contributed by atoms with Gasteiger partial charge in [-0.1, -0.05) is 12.1 Å². The second-order valence-corrected chi connectivity index (χ2v) is 6.13. The fraction of sp³-hybridized carbons (Fsp3) is 0.333. The number of hydrogen-bond acceptors (Lipinski definition) is 5. The Morgan fingerprint density at radius 3 is 3.04 bits per heavy atom. The van der Waals surface area contributed by atoms with Crippen molar-refractivity contribution >= 4 is 16.9 Å². The molecule has 1 aromatic carbocycles. The van der Waals surface area contributed by atoms with Crippen molar-refractivity contribution in [2.75, 3.05) is 13.1 Å². The summed E-state index contributed by atoms with van der Waals surface area (Å²) in [4.78, 5) is 27.0. The zero-order valence-electron chi connectivity index (χ0n) is 13.8. The first-order valence-electron chi connectivity index (χ1n) is 8.40. The third-order valence-corrected chi connectivity index (χ3v) is 4.39. The number of hydrogen-bond donors (Lipinski definition) is 0. The first-order chi connectivity index (χ1) is 12.3. The molecule has 0 aliphatic carbocycles. The molecule has 1 fully saturated rings. The monoisotopic (exact) mass is 337 g/mol. The summed E-state index contributed by atoms with van der Waals surface area (Å²) >= 11 is 0. The molecule has 1 unspecified atom stereocenters. The number of ether oxygens (including phenoxy) is 1. The van der Waals surface area contributed by atoms with Crippen LogP contribution in [0.25, 0.3) is 11.0 Å². The van der Waals surface area contributed by atoms with Gasteiger partial charge in [-0.25, -0.2) is 9.97 Å². The van der Waals surface area contributed by atoms with Gasteiger partial charge in [0.2, 0.25) is 11.8 Å². The second-order valence-electron chi connectivity index (χ2n) is 6.13. The zero-order chi connectivity index (χ0) is 17.1. The van der Waals surface area contributed by atoms with Crippen molar-refractivity contribution in [3.8, 4) is 5.88 Å². The lowest BCUT2D eigenvalue weighted by Crippen LogP contribution is -2.45. The molecule has 1 aliphatic rings. The van der Waals surface area contributed by atoms with E-state index in [4.69, 9.17) is 4.74 Å². The highest BCUT2D eigenvalue weighted by molar-refractivity contribution is 5.80. The molecule has 1 saturated heterocycles. The predicted octanol–water partition coefficient (Wildman–Crippen LogP) is 1.90. The molecule has 1 aliphatic heterocycles. The minimum Gasteiger partial charge on any atom is -0.471 e. The van der Waals surface area contributed by atoms with Gasteiger partial charge >= 0.3 is 0 Å². The van der Waals surface area contributed by atoms with Crippen LogP contribution in [0.3, 0.4) is 0 Å². The molecule has 25 heavy (non-hydrogen) atoms. The van der Waals surface area contributed by atoms with Crippen LogP contribution >= 0.6 is 0 Å². The Kier molecular flexibility index (Phi) is 4.28. The molecule has 3 heterocycles. The Bertz CT molecular complexity index is 864. The molecule has 1 atom stereocenters. The Morgan fingerprint density at radius 1 is 1.24 bits per heavy atom. The van der Waals surface area contributed by atoms with Crippen molar-refractivity contribution in [2.45, 2.75) is 25.5 Å². The second kappa shape index (κ2) is 6.88. The van der Waals surface area contributed by atoms with E-state index in [0.717, 1.165) is 30.4 Å². The van der Waals surface area contributed by atoms with Crippen LogP contribution in [0.5, 0.6) is 5.88 Å². The number of imidazole rings is 1. The normalized spacial score (nSPS) is 17.6. The molecule has 0 saturated carbocycles. The molecule has 128 valence electrons. The van der Waals surface area contributed by atoms with Gasteiger partial charge in [-0.2, -0.15) is 0 Å². The fourth-order valence-electron chi connectivity index (χ4n) is 3.16. The maximum absolute atomic E-state index is 12.7. The highest BCUT2D eigenvalue weighted by Crippen LogP contribution is 2.17. The van der Waals surface area contributed by atoms with Crippen LogP contribution in [-0.4, -0.2) is 49.5 Å². The van der Waals surface area contributed by atoms with E-state index in [2.05, 4.69) is 15.0 Å². The molecule has 7 heteroatoms. The van der Waals surface area contributed by atoms with E-state index in [-0.39, 0.29) is 12.0 Å². The Hall–Kier alpha value is -2.96. The summed E-state index contributed by atoms with van der Waals surface area (Å²) < 4.78 is 7.75. The van der Waals surface area contributed by atoms with Crippen LogP contribution in [0, 0.1) is 0 Å². The number of benzene rings is 1. The lowest BCUT2D eigenvalue weighted by atomic mass is 10.1. The van der Waals surface area contributed by atoms with E-state index in [1.54, 1.807) is 24.9 Å². The van der Waals surface area contributed by atoms with E-state index < -0.39 is 0 Å². The van der Waals surface area contributed by atoms with Gasteiger partial charge in [0.15, 0.2) is 0 Å². The van der Waals surface area contributed by atoms with Crippen molar-refractivity contribution in [1.29, 1.82) is 0 Å². The van der Waals surface area contributed by atoms with Crippen LogP contribution in [0.15, 0.2) is 49.2 Å². The largest absolute Gasteiger partial charge is 0.471 e. The number of carbonyl (C=O) groups excluding carboxylic acids is 1.